The number of rotatable bonds is 5. The van der Waals surface area contributed by atoms with Crippen LogP contribution in [0.4, 0.5) is 5.69 Å². The number of para-hydroxylation sites is 1. The van der Waals surface area contributed by atoms with Crippen LogP contribution in [0.2, 0.25) is 0 Å². The summed E-state index contributed by atoms with van der Waals surface area (Å²) in [6, 6.07) is 5.00. The van der Waals surface area contributed by atoms with Crippen LogP contribution in [0, 0.1) is 17.0 Å². The highest BCUT2D eigenvalue weighted by Gasteiger charge is 2.22. The van der Waals surface area contributed by atoms with Crippen LogP contribution in [0.3, 0.4) is 0 Å². The van der Waals surface area contributed by atoms with Gasteiger partial charge >= 0.3 is 0 Å². The van der Waals surface area contributed by atoms with Crippen molar-refractivity contribution in [3.05, 3.63) is 39.8 Å². The molecule has 2 rings (SSSR count). The quantitative estimate of drug-likeness (QED) is 0.650. The molecule has 0 amide bonds. The summed E-state index contributed by atoms with van der Waals surface area (Å²) in [5, 5.41) is 18.8. The Bertz CT molecular complexity index is 594. The van der Waals surface area contributed by atoms with E-state index >= 15 is 0 Å². The van der Waals surface area contributed by atoms with E-state index in [-0.39, 0.29) is 11.6 Å². The molecule has 0 spiro atoms. The Morgan fingerprint density at radius 1 is 1.42 bits per heavy atom. The molecule has 0 unspecified atom stereocenters. The average Bonchev–Trinajstić information content (AvgIpc) is 2.84. The van der Waals surface area contributed by atoms with Crippen molar-refractivity contribution in [2.24, 2.45) is 5.73 Å². The molecule has 19 heavy (non-hydrogen) atoms. The molecule has 100 valence electrons. The molecule has 2 aromatic rings. The first-order valence-corrected chi connectivity index (χ1v) is 5.90. The van der Waals surface area contributed by atoms with Gasteiger partial charge in [0, 0.05) is 12.0 Å². The Labute approximate surface area is 109 Å². The fourth-order valence-electron chi connectivity index (χ4n) is 1.79. The second kappa shape index (κ2) is 5.57. The number of aromatic nitrogens is 2. The normalized spacial score (nSPS) is 10.6. The summed E-state index contributed by atoms with van der Waals surface area (Å²) in [5.41, 5.74) is 6.30. The SMILES string of the molecule is Cc1cccc(-c2nnc(CCCN)o2)c1[N+](=O)[O-]. The summed E-state index contributed by atoms with van der Waals surface area (Å²) in [4.78, 5) is 10.7. The van der Waals surface area contributed by atoms with Crippen LogP contribution in [0.5, 0.6) is 0 Å². The summed E-state index contributed by atoms with van der Waals surface area (Å²) in [6.07, 6.45) is 1.31. The van der Waals surface area contributed by atoms with Crippen molar-refractivity contribution < 1.29 is 9.34 Å². The maximum atomic E-state index is 11.1. The van der Waals surface area contributed by atoms with Crippen LogP contribution in [0.1, 0.15) is 17.9 Å². The van der Waals surface area contributed by atoms with Gasteiger partial charge < -0.3 is 10.2 Å². The molecule has 0 aliphatic heterocycles. The lowest BCUT2D eigenvalue weighted by Crippen LogP contribution is -2.00. The van der Waals surface area contributed by atoms with E-state index in [4.69, 9.17) is 10.2 Å². The van der Waals surface area contributed by atoms with Gasteiger partial charge in [0.15, 0.2) is 0 Å². The fourth-order valence-corrected chi connectivity index (χ4v) is 1.79. The molecular formula is C12H14N4O3. The van der Waals surface area contributed by atoms with E-state index in [1.165, 1.54) is 0 Å². The fraction of sp³-hybridized carbons (Fsp3) is 0.333. The lowest BCUT2D eigenvalue weighted by molar-refractivity contribution is -0.384. The van der Waals surface area contributed by atoms with Crippen LogP contribution < -0.4 is 5.73 Å². The van der Waals surface area contributed by atoms with Crippen molar-refractivity contribution in [3.63, 3.8) is 0 Å². The van der Waals surface area contributed by atoms with Crippen molar-refractivity contribution >= 4 is 5.69 Å². The monoisotopic (exact) mass is 262 g/mol. The molecule has 0 aliphatic rings. The van der Waals surface area contributed by atoms with E-state index in [0.29, 0.717) is 30.0 Å². The number of nitro groups is 1. The minimum Gasteiger partial charge on any atom is -0.420 e. The van der Waals surface area contributed by atoms with Crippen molar-refractivity contribution in [3.8, 4) is 11.5 Å². The van der Waals surface area contributed by atoms with Crippen molar-refractivity contribution in [1.82, 2.24) is 10.2 Å². The van der Waals surface area contributed by atoms with Gasteiger partial charge in [-0.15, -0.1) is 10.2 Å². The molecule has 0 bridgehead atoms. The van der Waals surface area contributed by atoms with E-state index in [9.17, 15) is 10.1 Å². The van der Waals surface area contributed by atoms with Crippen molar-refractivity contribution in [1.29, 1.82) is 0 Å². The molecule has 0 radical (unpaired) electrons. The minimum absolute atomic E-state index is 0.00322. The molecule has 1 aromatic carbocycles. The third kappa shape index (κ3) is 2.76. The van der Waals surface area contributed by atoms with Gasteiger partial charge in [-0.25, -0.2) is 0 Å². The van der Waals surface area contributed by atoms with Gasteiger partial charge in [0.05, 0.1) is 4.92 Å². The summed E-state index contributed by atoms with van der Waals surface area (Å²) >= 11 is 0. The van der Waals surface area contributed by atoms with Crippen LogP contribution in [0.15, 0.2) is 22.6 Å². The Hall–Kier alpha value is -2.28. The first-order chi connectivity index (χ1) is 9.13. The molecule has 0 aliphatic carbocycles. The third-order valence-electron chi connectivity index (χ3n) is 2.71. The highest BCUT2D eigenvalue weighted by Crippen LogP contribution is 2.31. The Kier molecular flexibility index (Phi) is 3.86. The maximum Gasteiger partial charge on any atom is 0.284 e. The number of nitrogens with two attached hydrogens (primary N) is 1. The van der Waals surface area contributed by atoms with Crippen LogP contribution in [-0.4, -0.2) is 21.7 Å². The first kappa shape index (κ1) is 13.2. The van der Waals surface area contributed by atoms with Gasteiger partial charge in [0.1, 0.15) is 5.56 Å². The molecule has 1 aromatic heterocycles. The number of aryl methyl sites for hydroxylation is 2. The third-order valence-corrected chi connectivity index (χ3v) is 2.71. The molecular weight excluding hydrogens is 248 g/mol. The van der Waals surface area contributed by atoms with Crippen molar-refractivity contribution in [2.45, 2.75) is 19.8 Å². The predicted molar refractivity (Wildman–Crippen MR) is 68.5 cm³/mol. The van der Waals surface area contributed by atoms with Gasteiger partial charge in [-0.2, -0.15) is 0 Å². The number of hydrogen-bond donors (Lipinski definition) is 1. The Balaban J connectivity index is 2.39. The van der Waals surface area contributed by atoms with E-state index in [2.05, 4.69) is 10.2 Å². The van der Waals surface area contributed by atoms with Gasteiger partial charge in [0.2, 0.25) is 5.89 Å². The van der Waals surface area contributed by atoms with Gasteiger partial charge in [-0.05, 0) is 26.0 Å². The van der Waals surface area contributed by atoms with E-state index in [0.717, 1.165) is 6.42 Å². The standard InChI is InChI=1S/C12H14N4O3/c1-8-4-2-5-9(11(8)16(17)18)12-15-14-10(19-12)6-3-7-13/h2,4-5H,3,6-7,13H2,1H3. The van der Waals surface area contributed by atoms with Gasteiger partial charge in [-0.3, -0.25) is 10.1 Å². The lowest BCUT2D eigenvalue weighted by atomic mass is 10.1. The van der Waals surface area contributed by atoms with Crippen LogP contribution >= 0.6 is 0 Å². The lowest BCUT2D eigenvalue weighted by Gasteiger charge is -2.00. The molecule has 0 fully saturated rings. The Morgan fingerprint density at radius 3 is 2.89 bits per heavy atom. The molecule has 1 heterocycles. The predicted octanol–water partition coefficient (Wildman–Crippen LogP) is 1.84. The summed E-state index contributed by atoms with van der Waals surface area (Å²) in [7, 11) is 0. The summed E-state index contributed by atoms with van der Waals surface area (Å²) < 4.78 is 5.44. The molecule has 0 saturated carbocycles. The summed E-state index contributed by atoms with van der Waals surface area (Å²) in [5.74, 6) is 0.610. The van der Waals surface area contributed by atoms with Crippen molar-refractivity contribution in [2.75, 3.05) is 6.54 Å². The highest BCUT2D eigenvalue weighted by atomic mass is 16.6. The number of nitrogens with zero attached hydrogens (tertiary/aromatic N) is 3. The number of nitro benzene ring substituents is 1. The zero-order valence-corrected chi connectivity index (χ0v) is 10.5. The molecule has 0 atom stereocenters. The average molecular weight is 262 g/mol. The molecule has 7 nitrogen and oxygen atoms in total. The number of benzene rings is 1. The molecule has 7 heteroatoms. The minimum atomic E-state index is -0.436. The smallest absolute Gasteiger partial charge is 0.284 e. The molecule has 0 saturated heterocycles. The number of hydrogen-bond acceptors (Lipinski definition) is 6. The zero-order valence-electron chi connectivity index (χ0n) is 10.5. The van der Waals surface area contributed by atoms with E-state index in [1.54, 1.807) is 25.1 Å². The topological polar surface area (TPSA) is 108 Å². The van der Waals surface area contributed by atoms with Gasteiger partial charge in [-0.1, -0.05) is 12.1 Å². The van der Waals surface area contributed by atoms with Crippen LogP contribution in [-0.2, 0) is 6.42 Å². The second-order valence-corrected chi connectivity index (χ2v) is 4.12. The summed E-state index contributed by atoms with van der Waals surface area (Å²) in [6.45, 7) is 2.20. The van der Waals surface area contributed by atoms with E-state index < -0.39 is 4.92 Å². The zero-order chi connectivity index (χ0) is 13.8. The maximum absolute atomic E-state index is 11.1. The second-order valence-electron chi connectivity index (χ2n) is 4.12. The Morgan fingerprint density at radius 2 is 2.21 bits per heavy atom. The first-order valence-electron chi connectivity index (χ1n) is 5.90. The van der Waals surface area contributed by atoms with Crippen LogP contribution in [0.25, 0.3) is 11.5 Å². The van der Waals surface area contributed by atoms with E-state index in [1.807, 2.05) is 0 Å². The largest absolute Gasteiger partial charge is 0.420 e. The molecule has 2 N–H and O–H groups in total. The highest BCUT2D eigenvalue weighted by molar-refractivity contribution is 5.69. The van der Waals surface area contributed by atoms with Gasteiger partial charge in [0.25, 0.3) is 11.6 Å².